The molecular formula is C16H21NO4. The first-order chi connectivity index (χ1) is 9.94. The highest BCUT2D eigenvalue weighted by molar-refractivity contribution is 6.01. The van der Waals surface area contributed by atoms with E-state index in [4.69, 9.17) is 4.74 Å². The molecule has 0 radical (unpaired) electrons. The van der Waals surface area contributed by atoms with Crippen molar-refractivity contribution in [2.75, 3.05) is 18.6 Å². The van der Waals surface area contributed by atoms with Crippen LogP contribution in [0.4, 0.5) is 5.69 Å². The molecular weight excluding hydrogens is 270 g/mol. The monoisotopic (exact) mass is 291 g/mol. The number of ether oxygens (including phenoxy) is 1. The molecule has 0 aliphatic carbocycles. The number of rotatable bonds is 4. The minimum Gasteiger partial charge on any atom is -0.481 e. The molecule has 1 amide bonds. The van der Waals surface area contributed by atoms with Crippen molar-refractivity contribution in [1.29, 1.82) is 0 Å². The van der Waals surface area contributed by atoms with Crippen molar-refractivity contribution in [3.63, 3.8) is 0 Å². The van der Waals surface area contributed by atoms with Crippen molar-refractivity contribution < 1.29 is 19.4 Å². The van der Waals surface area contributed by atoms with Gasteiger partial charge in [-0.1, -0.05) is 25.1 Å². The second-order valence-corrected chi connectivity index (χ2v) is 5.48. The van der Waals surface area contributed by atoms with Gasteiger partial charge in [-0.15, -0.1) is 0 Å². The van der Waals surface area contributed by atoms with Gasteiger partial charge in [0.2, 0.25) is 0 Å². The third-order valence-corrected chi connectivity index (χ3v) is 4.37. The van der Waals surface area contributed by atoms with E-state index in [0.717, 1.165) is 0 Å². The molecule has 0 spiro atoms. The molecule has 0 aromatic heterocycles. The summed E-state index contributed by atoms with van der Waals surface area (Å²) in [6.07, 6.45) is 0.977. The first-order valence-electron chi connectivity index (χ1n) is 7.13. The van der Waals surface area contributed by atoms with E-state index < -0.39 is 17.5 Å². The molecule has 21 heavy (non-hydrogen) atoms. The Morgan fingerprint density at radius 3 is 2.67 bits per heavy atom. The van der Waals surface area contributed by atoms with Crippen LogP contribution in [0.15, 0.2) is 24.3 Å². The summed E-state index contributed by atoms with van der Waals surface area (Å²) in [5.41, 5.74) is 0.487. The molecule has 1 aliphatic heterocycles. The quantitative estimate of drug-likeness (QED) is 0.925. The number of fused-ring (bicyclic) bond motifs is 1. The fourth-order valence-corrected chi connectivity index (χ4v) is 2.70. The second kappa shape index (κ2) is 5.85. The number of carbonyl (C=O) groups excluding carboxylic acids is 1. The Morgan fingerprint density at radius 2 is 2.10 bits per heavy atom. The van der Waals surface area contributed by atoms with E-state index in [0.29, 0.717) is 30.6 Å². The molecule has 2 atom stereocenters. The van der Waals surface area contributed by atoms with Gasteiger partial charge in [-0.25, -0.2) is 0 Å². The van der Waals surface area contributed by atoms with E-state index in [1.54, 1.807) is 30.0 Å². The van der Waals surface area contributed by atoms with Crippen LogP contribution in [-0.2, 0) is 14.3 Å². The van der Waals surface area contributed by atoms with Gasteiger partial charge in [-0.2, -0.15) is 0 Å². The predicted molar refractivity (Wildman–Crippen MR) is 79.5 cm³/mol. The van der Waals surface area contributed by atoms with Gasteiger partial charge in [0.25, 0.3) is 5.91 Å². The Labute approximate surface area is 124 Å². The average Bonchev–Trinajstić information content (AvgIpc) is 2.52. The first-order valence-corrected chi connectivity index (χ1v) is 7.13. The summed E-state index contributed by atoms with van der Waals surface area (Å²) in [7, 11) is 1.53. The zero-order valence-corrected chi connectivity index (χ0v) is 12.6. The highest BCUT2D eigenvalue weighted by Crippen LogP contribution is 2.37. The van der Waals surface area contributed by atoms with Gasteiger partial charge >= 0.3 is 5.97 Å². The van der Waals surface area contributed by atoms with Crippen LogP contribution in [0, 0.1) is 0 Å². The van der Waals surface area contributed by atoms with E-state index in [1.165, 1.54) is 7.11 Å². The Hall–Kier alpha value is -1.88. The number of carboxylic acid groups (broad SMARTS) is 1. The smallest absolute Gasteiger partial charge is 0.311 e. The third kappa shape index (κ3) is 2.65. The summed E-state index contributed by atoms with van der Waals surface area (Å²) in [4.78, 5) is 25.8. The Morgan fingerprint density at radius 1 is 1.43 bits per heavy atom. The summed E-state index contributed by atoms with van der Waals surface area (Å²) in [5.74, 6) is -1.52. The Kier molecular flexibility index (Phi) is 4.32. The van der Waals surface area contributed by atoms with Crippen molar-refractivity contribution in [3.05, 3.63) is 29.8 Å². The number of para-hydroxylation sites is 1. The molecule has 0 saturated heterocycles. The minimum atomic E-state index is -0.886. The molecule has 5 nitrogen and oxygen atoms in total. The zero-order chi connectivity index (χ0) is 15.6. The summed E-state index contributed by atoms with van der Waals surface area (Å²) in [5, 5.41) is 9.33. The van der Waals surface area contributed by atoms with Crippen molar-refractivity contribution in [2.45, 2.75) is 38.2 Å². The van der Waals surface area contributed by atoms with E-state index in [9.17, 15) is 14.7 Å². The number of benzene rings is 1. The number of methoxy groups -OCH3 is 1. The lowest BCUT2D eigenvalue weighted by atomic mass is 9.88. The molecule has 114 valence electrons. The fourth-order valence-electron chi connectivity index (χ4n) is 2.70. The van der Waals surface area contributed by atoms with Crippen LogP contribution in [-0.4, -0.2) is 36.2 Å². The van der Waals surface area contributed by atoms with Crippen LogP contribution in [0.25, 0.3) is 0 Å². The lowest BCUT2D eigenvalue weighted by molar-refractivity contribution is -0.141. The van der Waals surface area contributed by atoms with Gasteiger partial charge < -0.3 is 14.7 Å². The van der Waals surface area contributed by atoms with Gasteiger partial charge in [0, 0.05) is 19.3 Å². The molecule has 0 saturated carbocycles. The second-order valence-electron chi connectivity index (χ2n) is 5.48. The maximum Gasteiger partial charge on any atom is 0.311 e. The third-order valence-electron chi connectivity index (χ3n) is 4.37. The van der Waals surface area contributed by atoms with Crippen molar-refractivity contribution >= 4 is 17.6 Å². The van der Waals surface area contributed by atoms with Crippen LogP contribution >= 0.6 is 0 Å². The van der Waals surface area contributed by atoms with Crippen LogP contribution in [0.5, 0.6) is 0 Å². The summed E-state index contributed by atoms with van der Waals surface area (Å²) in [6, 6.07) is 7.20. The largest absolute Gasteiger partial charge is 0.481 e. The SMILES string of the molecule is CCC(C)(OC)C(=O)N1CCC(C(=O)O)c2ccccc21. The molecule has 0 bridgehead atoms. The lowest BCUT2D eigenvalue weighted by Crippen LogP contribution is -2.50. The number of anilines is 1. The van der Waals surface area contributed by atoms with E-state index >= 15 is 0 Å². The number of nitrogens with zero attached hydrogens (tertiary/aromatic N) is 1. The molecule has 5 heteroatoms. The Balaban J connectivity index is 2.42. The van der Waals surface area contributed by atoms with Crippen LogP contribution in [0.3, 0.4) is 0 Å². The lowest BCUT2D eigenvalue weighted by Gasteiger charge is -2.37. The first kappa shape index (κ1) is 15.5. The minimum absolute atomic E-state index is 0.121. The summed E-state index contributed by atoms with van der Waals surface area (Å²) < 4.78 is 5.38. The number of carbonyl (C=O) groups is 2. The normalized spacial score (nSPS) is 20.5. The maximum atomic E-state index is 12.8. The number of hydrogen-bond acceptors (Lipinski definition) is 3. The highest BCUT2D eigenvalue weighted by atomic mass is 16.5. The van der Waals surface area contributed by atoms with Crippen molar-refractivity contribution in [1.82, 2.24) is 0 Å². The fraction of sp³-hybridized carbons (Fsp3) is 0.500. The molecule has 2 unspecified atom stereocenters. The summed E-state index contributed by atoms with van der Waals surface area (Å²) in [6.45, 7) is 4.06. The van der Waals surface area contributed by atoms with Gasteiger partial charge in [0.1, 0.15) is 5.60 Å². The van der Waals surface area contributed by atoms with E-state index in [2.05, 4.69) is 0 Å². The van der Waals surface area contributed by atoms with Gasteiger partial charge in [-0.05, 0) is 31.4 Å². The maximum absolute atomic E-state index is 12.8. The number of carboxylic acids is 1. The molecule has 1 aliphatic rings. The number of hydrogen-bond donors (Lipinski definition) is 1. The molecule has 1 aromatic carbocycles. The molecule has 1 aromatic rings. The predicted octanol–water partition coefficient (Wildman–Crippen LogP) is 2.41. The van der Waals surface area contributed by atoms with Gasteiger partial charge in [-0.3, -0.25) is 9.59 Å². The molecule has 0 fully saturated rings. The van der Waals surface area contributed by atoms with Crippen molar-refractivity contribution in [3.8, 4) is 0 Å². The van der Waals surface area contributed by atoms with Crippen molar-refractivity contribution in [2.24, 2.45) is 0 Å². The van der Waals surface area contributed by atoms with E-state index in [1.807, 2.05) is 13.0 Å². The average molecular weight is 291 g/mol. The topological polar surface area (TPSA) is 66.8 Å². The van der Waals surface area contributed by atoms with E-state index in [-0.39, 0.29) is 5.91 Å². The van der Waals surface area contributed by atoms with Gasteiger partial charge in [0.15, 0.2) is 0 Å². The molecule has 1 N–H and O–H groups in total. The van der Waals surface area contributed by atoms with Gasteiger partial charge in [0.05, 0.1) is 5.92 Å². The summed E-state index contributed by atoms with van der Waals surface area (Å²) >= 11 is 0. The number of amides is 1. The van der Waals surface area contributed by atoms with Crippen LogP contribution in [0.1, 0.15) is 38.2 Å². The highest BCUT2D eigenvalue weighted by Gasteiger charge is 2.40. The standard InChI is InChI=1S/C16H21NO4/c1-4-16(2,21-3)15(20)17-10-9-12(14(18)19)11-7-5-6-8-13(11)17/h5-8,12H,4,9-10H2,1-3H3,(H,18,19). The van der Waals surface area contributed by atoms with Crippen LogP contribution < -0.4 is 4.90 Å². The molecule has 1 heterocycles. The zero-order valence-electron chi connectivity index (χ0n) is 12.6. The molecule has 2 rings (SSSR count). The van der Waals surface area contributed by atoms with Crippen LogP contribution in [0.2, 0.25) is 0 Å². The number of aliphatic carboxylic acids is 1. The Bertz CT molecular complexity index is 551.